The average molecular weight is 346 g/mol. The molecule has 2 N–H and O–H groups in total. The number of morpholine rings is 1. The van der Waals surface area contributed by atoms with Crippen LogP contribution in [0.15, 0.2) is 24.4 Å². The number of hydrogen-bond acceptors (Lipinski definition) is 5. The number of nitrogens with zero attached hydrogens (tertiary/aromatic N) is 4. The van der Waals surface area contributed by atoms with Gasteiger partial charge in [-0.25, -0.2) is 4.79 Å². The molecular weight excluding hydrogens is 320 g/mol. The van der Waals surface area contributed by atoms with Crippen molar-refractivity contribution < 1.29 is 9.53 Å². The molecule has 1 aliphatic heterocycles. The molecule has 136 valence electrons. The van der Waals surface area contributed by atoms with Gasteiger partial charge in [-0.15, -0.1) is 10.2 Å². The predicted molar refractivity (Wildman–Crippen MR) is 94.3 cm³/mol. The Bertz CT molecular complexity index is 712. The second kappa shape index (κ2) is 7.79. The third-order valence-electron chi connectivity index (χ3n) is 4.96. The SMILES string of the molecule is CC[C@](C)(CNC(=O)NCc1nnc2ccccn12)N1CCOCC1. The number of fused-ring (bicyclic) bond motifs is 1. The smallest absolute Gasteiger partial charge is 0.315 e. The normalized spacial score (nSPS) is 18.0. The largest absolute Gasteiger partial charge is 0.379 e. The van der Waals surface area contributed by atoms with Crippen molar-refractivity contribution in [3.63, 3.8) is 0 Å². The van der Waals surface area contributed by atoms with Crippen LogP contribution in [-0.2, 0) is 11.3 Å². The van der Waals surface area contributed by atoms with Gasteiger partial charge in [0.15, 0.2) is 11.5 Å². The van der Waals surface area contributed by atoms with Gasteiger partial charge in [-0.1, -0.05) is 13.0 Å². The van der Waals surface area contributed by atoms with Gasteiger partial charge in [-0.2, -0.15) is 0 Å². The number of amides is 2. The number of nitrogens with one attached hydrogen (secondary N) is 2. The molecule has 25 heavy (non-hydrogen) atoms. The number of urea groups is 1. The van der Waals surface area contributed by atoms with E-state index in [2.05, 4.69) is 39.6 Å². The van der Waals surface area contributed by atoms with Crippen molar-refractivity contribution in [2.24, 2.45) is 0 Å². The highest BCUT2D eigenvalue weighted by Gasteiger charge is 2.31. The average Bonchev–Trinajstić information content (AvgIpc) is 3.08. The fourth-order valence-corrected chi connectivity index (χ4v) is 3.07. The van der Waals surface area contributed by atoms with E-state index in [1.807, 2.05) is 28.8 Å². The molecule has 1 atom stereocenters. The summed E-state index contributed by atoms with van der Waals surface area (Å²) in [5.41, 5.74) is 0.702. The molecule has 2 aromatic heterocycles. The summed E-state index contributed by atoms with van der Waals surface area (Å²) in [5.74, 6) is 0.706. The highest BCUT2D eigenvalue weighted by molar-refractivity contribution is 5.73. The maximum absolute atomic E-state index is 12.2. The van der Waals surface area contributed by atoms with E-state index >= 15 is 0 Å². The fourth-order valence-electron chi connectivity index (χ4n) is 3.07. The number of carbonyl (C=O) groups excluding carboxylic acids is 1. The van der Waals surface area contributed by atoms with Gasteiger partial charge in [0.05, 0.1) is 19.8 Å². The molecule has 2 aromatic rings. The number of pyridine rings is 1. The van der Waals surface area contributed by atoms with Gasteiger partial charge < -0.3 is 15.4 Å². The van der Waals surface area contributed by atoms with Gasteiger partial charge in [0, 0.05) is 31.4 Å². The molecule has 3 rings (SSSR count). The zero-order valence-corrected chi connectivity index (χ0v) is 14.9. The zero-order valence-electron chi connectivity index (χ0n) is 14.9. The van der Waals surface area contributed by atoms with E-state index in [4.69, 9.17) is 4.74 Å². The minimum Gasteiger partial charge on any atom is -0.379 e. The molecular formula is C17H26N6O2. The Hall–Kier alpha value is -2.19. The molecule has 1 fully saturated rings. The summed E-state index contributed by atoms with van der Waals surface area (Å²) in [6.45, 7) is 8.57. The van der Waals surface area contributed by atoms with Crippen LogP contribution in [-0.4, -0.2) is 63.9 Å². The van der Waals surface area contributed by atoms with Gasteiger partial charge in [-0.3, -0.25) is 9.30 Å². The second-order valence-corrected chi connectivity index (χ2v) is 6.53. The van der Waals surface area contributed by atoms with E-state index in [0.29, 0.717) is 18.9 Å². The molecule has 2 amide bonds. The number of carbonyl (C=O) groups is 1. The van der Waals surface area contributed by atoms with Crippen LogP contribution < -0.4 is 10.6 Å². The zero-order chi connectivity index (χ0) is 17.7. The molecule has 3 heterocycles. The van der Waals surface area contributed by atoms with Crippen molar-refractivity contribution in [1.82, 2.24) is 30.1 Å². The van der Waals surface area contributed by atoms with Gasteiger partial charge in [0.2, 0.25) is 0 Å². The molecule has 8 nitrogen and oxygen atoms in total. The van der Waals surface area contributed by atoms with Gasteiger partial charge in [0.1, 0.15) is 0 Å². The maximum atomic E-state index is 12.2. The van der Waals surface area contributed by atoms with Crippen molar-refractivity contribution in [3.05, 3.63) is 30.2 Å². The Morgan fingerprint density at radius 2 is 2.08 bits per heavy atom. The molecule has 1 aliphatic rings. The molecule has 0 aromatic carbocycles. The number of ether oxygens (including phenoxy) is 1. The van der Waals surface area contributed by atoms with Crippen LogP contribution in [0, 0.1) is 0 Å². The fraction of sp³-hybridized carbons (Fsp3) is 0.588. The third-order valence-corrected chi connectivity index (χ3v) is 4.96. The number of rotatable bonds is 6. The van der Waals surface area contributed by atoms with Gasteiger partial charge in [-0.05, 0) is 25.5 Å². The van der Waals surface area contributed by atoms with E-state index in [1.54, 1.807) is 0 Å². The Morgan fingerprint density at radius 1 is 1.28 bits per heavy atom. The summed E-state index contributed by atoms with van der Waals surface area (Å²) < 4.78 is 7.29. The van der Waals surface area contributed by atoms with Crippen LogP contribution in [0.3, 0.4) is 0 Å². The summed E-state index contributed by atoms with van der Waals surface area (Å²) in [6, 6.07) is 5.51. The van der Waals surface area contributed by atoms with E-state index in [1.165, 1.54) is 0 Å². The Labute approximate surface area is 147 Å². The van der Waals surface area contributed by atoms with E-state index < -0.39 is 0 Å². The lowest BCUT2D eigenvalue weighted by Gasteiger charge is -2.43. The summed E-state index contributed by atoms with van der Waals surface area (Å²) >= 11 is 0. The van der Waals surface area contributed by atoms with Gasteiger partial charge in [0.25, 0.3) is 0 Å². The molecule has 0 spiro atoms. The molecule has 1 saturated heterocycles. The first kappa shape index (κ1) is 17.6. The van der Waals surface area contributed by atoms with Crippen LogP contribution in [0.5, 0.6) is 0 Å². The van der Waals surface area contributed by atoms with Crippen LogP contribution in [0.2, 0.25) is 0 Å². The minimum absolute atomic E-state index is 0.0668. The highest BCUT2D eigenvalue weighted by atomic mass is 16.5. The van der Waals surface area contributed by atoms with Crippen LogP contribution in [0.4, 0.5) is 4.79 Å². The Balaban J connectivity index is 1.51. The molecule has 8 heteroatoms. The van der Waals surface area contributed by atoms with Crippen LogP contribution in [0.1, 0.15) is 26.1 Å². The first-order chi connectivity index (χ1) is 12.1. The topological polar surface area (TPSA) is 83.8 Å². The van der Waals surface area contributed by atoms with Crippen LogP contribution >= 0.6 is 0 Å². The maximum Gasteiger partial charge on any atom is 0.315 e. The Kier molecular flexibility index (Phi) is 5.50. The van der Waals surface area contributed by atoms with E-state index in [-0.39, 0.29) is 11.6 Å². The quantitative estimate of drug-likeness (QED) is 0.816. The molecule has 0 unspecified atom stereocenters. The Morgan fingerprint density at radius 3 is 2.84 bits per heavy atom. The lowest BCUT2D eigenvalue weighted by molar-refractivity contribution is -0.0165. The lowest BCUT2D eigenvalue weighted by Crippen LogP contribution is -2.57. The van der Waals surface area contributed by atoms with Crippen molar-refractivity contribution in [3.8, 4) is 0 Å². The summed E-state index contributed by atoms with van der Waals surface area (Å²) in [4.78, 5) is 14.6. The molecule has 0 bridgehead atoms. The monoisotopic (exact) mass is 346 g/mol. The van der Waals surface area contributed by atoms with Crippen molar-refractivity contribution >= 4 is 11.7 Å². The standard InChI is InChI=1S/C17H26N6O2/c1-3-17(2,22-8-10-25-11-9-22)13-19-16(24)18-12-15-21-20-14-6-4-5-7-23(14)15/h4-7H,3,8-13H2,1-2H3,(H2,18,19,24)/t17-/m1/s1. The first-order valence-corrected chi connectivity index (χ1v) is 8.75. The molecule has 0 aliphatic carbocycles. The second-order valence-electron chi connectivity index (χ2n) is 6.53. The molecule has 0 radical (unpaired) electrons. The predicted octanol–water partition coefficient (Wildman–Crippen LogP) is 1.03. The van der Waals surface area contributed by atoms with E-state index in [9.17, 15) is 4.79 Å². The number of hydrogen-bond donors (Lipinski definition) is 2. The highest BCUT2D eigenvalue weighted by Crippen LogP contribution is 2.19. The van der Waals surface area contributed by atoms with Crippen molar-refractivity contribution in [1.29, 1.82) is 0 Å². The van der Waals surface area contributed by atoms with E-state index in [0.717, 1.165) is 38.4 Å². The first-order valence-electron chi connectivity index (χ1n) is 8.75. The molecule has 0 saturated carbocycles. The van der Waals surface area contributed by atoms with Crippen LogP contribution in [0.25, 0.3) is 5.65 Å². The van der Waals surface area contributed by atoms with Crippen molar-refractivity contribution in [2.45, 2.75) is 32.4 Å². The summed E-state index contributed by atoms with van der Waals surface area (Å²) in [5, 5.41) is 14.0. The summed E-state index contributed by atoms with van der Waals surface area (Å²) in [6.07, 6.45) is 2.85. The third kappa shape index (κ3) is 4.08. The van der Waals surface area contributed by atoms with Crippen molar-refractivity contribution in [2.75, 3.05) is 32.8 Å². The lowest BCUT2D eigenvalue weighted by atomic mass is 9.95. The minimum atomic E-state index is -0.194. The summed E-state index contributed by atoms with van der Waals surface area (Å²) in [7, 11) is 0. The number of aromatic nitrogens is 3. The van der Waals surface area contributed by atoms with Gasteiger partial charge >= 0.3 is 6.03 Å².